The molecule has 0 aliphatic heterocycles. The van der Waals surface area contributed by atoms with Crippen LogP contribution in [0.4, 0.5) is 0 Å². The Balaban J connectivity index is 2.31. The van der Waals surface area contributed by atoms with Crippen molar-refractivity contribution in [2.24, 2.45) is 17.8 Å². The van der Waals surface area contributed by atoms with Crippen LogP contribution < -0.4 is 4.74 Å². The topological polar surface area (TPSA) is 66.8 Å². The minimum absolute atomic E-state index is 0.247. The zero-order valence-electron chi connectivity index (χ0n) is 12.9. The van der Waals surface area contributed by atoms with Crippen LogP contribution in [-0.4, -0.2) is 23.3 Å². The van der Waals surface area contributed by atoms with E-state index in [1.807, 2.05) is 25.1 Å². The van der Waals surface area contributed by atoms with Gasteiger partial charge in [-0.2, -0.15) is 0 Å². The summed E-state index contributed by atoms with van der Waals surface area (Å²) in [6.07, 6.45) is 1.57. The van der Waals surface area contributed by atoms with Crippen LogP contribution in [0.5, 0.6) is 5.75 Å². The number of aliphatic hydroxyl groups excluding tert-OH is 1. The van der Waals surface area contributed by atoms with E-state index in [1.165, 1.54) is 0 Å². The first-order valence-electron chi connectivity index (χ1n) is 7.53. The third kappa shape index (κ3) is 3.21. The largest absolute Gasteiger partial charge is 0.496 e. The van der Waals surface area contributed by atoms with Gasteiger partial charge in [0.25, 0.3) is 0 Å². The van der Waals surface area contributed by atoms with Gasteiger partial charge in [0.15, 0.2) is 0 Å². The van der Waals surface area contributed by atoms with E-state index in [9.17, 15) is 15.0 Å². The Morgan fingerprint density at radius 2 is 2.14 bits per heavy atom. The molecule has 1 aliphatic carbocycles. The summed E-state index contributed by atoms with van der Waals surface area (Å²) in [4.78, 5) is 11.5. The molecule has 4 heteroatoms. The molecule has 4 atom stereocenters. The van der Waals surface area contributed by atoms with Crippen molar-refractivity contribution in [1.29, 1.82) is 0 Å². The van der Waals surface area contributed by atoms with Crippen LogP contribution in [0.15, 0.2) is 18.2 Å². The molecule has 1 saturated carbocycles. The molecule has 2 N–H and O–H groups in total. The summed E-state index contributed by atoms with van der Waals surface area (Å²) in [7, 11) is 1.57. The number of carboxylic acids is 1. The summed E-state index contributed by atoms with van der Waals surface area (Å²) in [5.74, 6) is -0.529. The van der Waals surface area contributed by atoms with Crippen molar-refractivity contribution >= 4 is 5.97 Å². The zero-order chi connectivity index (χ0) is 15.6. The Morgan fingerprint density at radius 1 is 1.43 bits per heavy atom. The quantitative estimate of drug-likeness (QED) is 0.874. The molecule has 21 heavy (non-hydrogen) atoms. The van der Waals surface area contributed by atoms with Crippen molar-refractivity contribution in [3.05, 3.63) is 29.3 Å². The maximum atomic E-state index is 11.5. The first-order valence-corrected chi connectivity index (χ1v) is 7.53. The lowest BCUT2D eigenvalue weighted by molar-refractivity contribution is -0.144. The van der Waals surface area contributed by atoms with Gasteiger partial charge < -0.3 is 14.9 Å². The average Bonchev–Trinajstić information content (AvgIpc) is 2.91. The molecule has 0 saturated heterocycles. The van der Waals surface area contributed by atoms with E-state index in [0.29, 0.717) is 23.7 Å². The molecule has 0 spiro atoms. The second-order valence-electron chi connectivity index (χ2n) is 6.04. The van der Waals surface area contributed by atoms with Gasteiger partial charge in [-0.1, -0.05) is 25.0 Å². The summed E-state index contributed by atoms with van der Waals surface area (Å²) in [6, 6.07) is 5.64. The Hall–Kier alpha value is -1.55. The molecule has 1 aromatic carbocycles. The van der Waals surface area contributed by atoms with Crippen LogP contribution >= 0.6 is 0 Å². The van der Waals surface area contributed by atoms with Crippen LogP contribution in [0.25, 0.3) is 0 Å². The van der Waals surface area contributed by atoms with Crippen molar-refractivity contribution in [2.75, 3.05) is 7.11 Å². The fraction of sp³-hybridized carbons (Fsp3) is 0.588. The Labute approximate surface area is 125 Å². The molecule has 0 radical (unpaired) electrons. The van der Waals surface area contributed by atoms with E-state index in [0.717, 1.165) is 18.4 Å². The number of aliphatic hydroxyl groups is 1. The molecule has 2 rings (SSSR count). The van der Waals surface area contributed by atoms with Gasteiger partial charge in [-0.25, -0.2) is 0 Å². The standard InChI is InChI=1S/C17H24O4/c1-4-11-8-12(13(9-11)17(19)20)16(18)14-7-10(2)5-6-15(14)21-3/h5-7,11-13,16,18H,4,8-9H2,1-3H3,(H,19,20). The fourth-order valence-corrected chi connectivity index (χ4v) is 3.46. The predicted octanol–water partition coefficient (Wildman–Crippen LogP) is 3.17. The van der Waals surface area contributed by atoms with E-state index in [4.69, 9.17) is 4.74 Å². The minimum atomic E-state index is -0.804. The number of rotatable bonds is 5. The number of benzene rings is 1. The van der Waals surface area contributed by atoms with E-state index in [-0.39, 0.29) is 5.92 Å². The van der Waals surface area contributed by atoms with Crippen molar-refractivity contribution in [3.8, 4) is 5.75 Å². The third-order valence-electron chi connectivity index (χ3n) is 4.71. The lowest BCUT2D eigenvalue weighted by Crippen LogP contribution is -2.24. The van der Waals surface area contributed by atoms with Crippen LogP contribution in [0.3, 0.4) is 0 Å². The molecule has 0 heterocycles. The fourth-order valence-electron chi connectivity index (χ4n) is 3.46. The number of methoxy groups -OCH3 is 1. The van der Waals surface area contributed by atoms with E-state index >= 15 is 0 Å². The SMILES string of the molecule is CCC1CC(C(=O)O)C(C(O)c2cc(C)ccc2OC)C1. The van der Waals surface area contributed by atoms with Gasteiger partial charge in [0.05, 0.1) is 19.1 Å². The van der Waals surface area contributed by atoms with Crippen LogP contribution in [-0.2, 0) is 4.79 Å². The lowest BCUT2D eigenvalue weighted by atomic mass is 9.86. The maximum absolute atomic E-state index is 11.5. The molecule has 1 fully saturated rings. The van der Waals surface area contributed by atoms with Gasteiger partial charge in [-0.15, -0.1) is 0 Å². The number of carboxylic acid groups (broad SMARTS) is 1. The summed E-state index contributed by atoms with van der Waals surface area (Å²) >= 11 is 0. The number of carbonyl (C=O) groups is 1. The summed E-state index contributed by atoms with van der Waals surface area (Å²) in [6.45, 7) is 4.03. The first-order chi connectivity index (χ1) is 9.97. The Morgan fingerprint density at radius 3 is 2.71 bits per heavy atom. The monoisotopic (exact) mass is 292 g/mol. The highest BCUT2D eigenvalue weighted by Gasteiger charge is 2.42. The Kier molecular flexibility index (Phi) is 4.88. The molecule has 4 nitrogen and oxygen atoms in total. The minimum Gasteiger partial charge on any atom is -0.496 e. The summed E-state index contributed by atoms with van der Waals surface area (Å²) in [5, 5.41) is 20.2. The smallest absolute Gasteiger partial charge is 0.306 e. The second kappa shape index (κ2) is 6.48. The lowest BCUT2D eigenvalue weighted by Gasteiger charge is -2.24. The van der Waals surface area contributed by atoms with E-state index in [1.54, 1.807) is 7.11 Å². The van der Waals surface area contributed by atoms with Gasteiger partial charge in [0, 0.05) is 11.5 Å². The number of aryl methyl sites for hydroxylation is 1. The molecule has 116 valence electrons. The number of ether oxygens (including phenoxy) is 1. The predicted molar refractivity (Wildman–Crippen MR) is 80.3 cm³/mol. The van der Waals surface area contributed by atoms with E-state index in [2.05, 4.69) is 6.92 Å². The maximum Gasteiger partial charge on any atom is 0.306 e. The molecular weight excluding hydrogens is 268 g/mol. The molecule has 0 aromatic heterocycles. The molecule has 0 amide bonds. The zero-order valence-corrected chi connectivity index (χ0v) is 12.9. The highest BCUT2D eigenvalue weighted by atomic mass is 16.5. The highest BCUT2D eigenvalue weighted by Crippen LogP contribution is 2.46. The van der Waals surface area contributed by atoms with Gasteiger partial charge in [-0.3, -0.25) is 4.79 Å². The van der Waals surface area contributed by atoms with Crippen molar-refractivity contribution in [2.45, 2.75) is 39.2 Å². The van der Waals surface area contributed by atoms with Crippen LogP contribution in [0.1, 0.15) is 43.4 Å². The molecule has 1 aliphatic rings. The summed E-state index contributed by atoms with van der Waals surface area (Å²) < 4.78 is 5.32. The van der Waals surface area contributed by atoms with Crippen LogP contribution in [0, 0.1) is 24.7 Å². The third-order valence-corrected chi connectivity index (χ3v) is 4.71. The van der Waals surface area contributed by atoms with Crippen molar-refractivity contribution in [1.82, 2.24) is 0 Å². The summed E-state index contributed by atoms with van der Waals surface area (Å²) in [5.41, 5.74) is 1.73. The average molecular weight is 292 g/mol. The highest BCUT2D eigenvalue weighted by molar-refractivity contribution is 5.71. The second-order valence-corrected chi connectivity index (χ2v) is 6.04. The first kappa shape index (κ1) is 15.8. The molecule has 4 unspecified atom stereocenters. The number of aliphatic carboxylic acids is 1. The van der Waals surface area contributed by atoms with Gasteiger partial charge in [-0.05, 0) is 37.8 Å². The molecular formula is C17H24O4. The van der Waals surface area contributed by atoms with Crippen molar-refractivity contribution in [3.63, 3.8) is 0 Å². The van der Waals surface area contributed by atoms with Gasteiger partial charge in [0.2, 0.25) is 0 Å². The number of hydrogen-bond acceptors (Lipinski definition) is 3. The number of hydrogen-bond donors (Lipinski definition) is 2. The Bertz CT molecular complexity index is 512. The normalized spacial score (nSPS) is 26.6. The molecule has 0 bridgehead atoms. The van der Waals surface area contributed by atoms with Crippen molar-refractivity contribution < 1.29 is 19.7 Å². The molecule has 1 aromatic rings. The van der Waals surface area contributed by atoms with Crippen LogP contribution in [0.2, 0.25) is 0 Å². The van der Waals surface area contributed by atoms with Gasteiger partial charge in [0.1, 0.15) is 5.75 Å². The van der Waals surface area contributed by atoms with E-state index < -0.39 is 18.0 Å². The van der Waals surface area contributed by atoms with Gasteiger partial charge >= 0.3 is 5.97 Å².